The number of methoxy groups -OCH3 is 1. The standard InChI is InChI=1S/C12H22O3/c1-12(2)6-4-5-9(8-12)10(13)7-11(14)15-3/h9-10,13H,4-8H2,1-3H3. The van der Waals surface area contributed by atoms with Gasteiger partial charge in [-0.05, 0) is 30.6 Å². The van der Waals surface area contributed by atoms with E-state index in [9.17, 15) is 9.90 Å². The Balaban J connectivity index is 2.45. The Morgan fingerprint density at radius 1 is 1.60 bits per heavy atom. The second-order valence-electron chi connectivity index (χ2n) is 5.37. The molecule has 1 aliphatic rings. The fourth-order valence-electron chi connectivity index (χ4n) is 2.51. The SMILES string of the molecule is COC(=O)CC(O)C1CCCC(C)(C)C1. The van der Waals surface area contributed by atoms with E-state index in [1.54, 1.807) is 0 Å². The van der Waals surface area contributed by atoms with E-state index in [0.29, 0.717) is 5.41 Å². The van der Waals surface area contributed by atoms with E-state index in [1.165, 1.54) is 13.5 Å². The molecule has 0 heterocycles. The highest BCUT2D eigenvalue weighted by molar-refractivity contribution is 5.69. The van der Waals surface area contributed by atoms with Gasteiger partial charge in [0.05, 0.1) is 19.6 Å². The summed E-state index contributed by atoms with van der Waals surface area (Å²) < 4.78 is 4.56. The molecule has 0 bridgehead atoms. The van der Waals surface area contributed by atoms with Crippen LogP contribution in [0.25, 0.3) is 0 Å². The fraction of sp³-hybridized carbons (Fsp3) is 0.917. The first-order valence-corrected chi connectivity index (χ1v) is 5.69. The summed E-state index contributed by atoms with van der Waals surface area (Å²) in [5.41, 5.74) is 0.306. The highest BCUT2D eigenvalue weighted by Crippen LogP contribution is 2.40. The van der Waals surface area contributed by atoms with Crippen LogP contribution in [0.2, 0.25) is 0 Å². The summed E-state index contributed by atoms with van der Waals surface area (Å²) in [5.74, 6) is -0.0567. The third-order valence-corrected chi connectivity index (χ3v) is 3.39. The molecule has 88 valence electrons. The summed E-state index contributed by atoms with van der Waals surface area (Å²) in [6.45, 7) is 4.45. The van der Waals surface area contributed by atoms with Crippen molar-refractivity contribution in [2.75, 3.05) is 7.11 Å². The average molecular weight is 214 g/mol. The van der Waals surface area contributed by atoms with Gasteiger partial charge in [-0.3, -0.25) is 4.79 Å². The van der Waals surface area contributed by atoms with Crippen LogP contribution in [0.15, 0.2) is 0 Å². The first-order valence-electron chi connectivity index (χ1n) is 5.69. The summed E-state index contributed by atoms with van der Waals surface area (Å²) >= 11 is 0. The number of ether oxygens (including phenoxy) is 1. The molecule has 0 aromatic carbocycles. The minimum Gasteiger partial charge on any atom is -0.469 e. The summed E-state index contributed by atoms with van der Waals surface area (Å²) in [6, 6.07) is 0. The van der Waals surface area contributed by atoms with Crippen molar-refractivity contribution >= 4 is 5.97 Å². The molecule has 3 nitrogen and oxygen atoms in total. The van der Waals surface area contributed by atoms with Gasteiger partial charge in [-0.25, -0.2) is 0 Å². The van der Waals surface area contributed by atoms with E-state index in [0.717, 1.165) is 19.3 Å². The molecule has 3 heteroatoms. The van der Waals surface area contributed by atoms with Crippen LogP contribution in [0, 0.1) is 11.3 Å². The van der Waals surface area contributed by atoms with Crippen molar-refractivity contribution in [3.63, 3.8) is 0 Å². The molecule has 1 saturated carbocycles. The highest BCUT2D eigenvalue weighted by Gasteiger charge is 2.32. The lowest BCUT2D eigenvalue weighted by Crippen LogP contribution is -2.32. The molecule has 1 N–H and O–H groups in total. The normalized spacial score (nSPS) is 27.1. The zero-order valence-electron chi connectivity index (χ0n) is 9.95. The van der Waals surface area contributed by atoms with E-state index in [4.69, 9.17) is 0 Å². The summed E-state index contributed by atoms with van der Waals surface area (Å²) in [6.07, 6.45) is 4.01. The molecule has 0 spiro atoms. The van der Waals surface area contributed by atoms with Crippen molar-refractivity contribution in [3.05, 3.63) is 0 Å². The molecule has 0 aliphatic heterocycles. The van der Waals surface area contributed by atoms with Crippen LogP contribution in [-0.4, -0.2) is 24.3 Å². The van der Waals surface area contributed by atoms with Crippen LogP contribution < -0.4 is 0 Å². The monoisotopic (exact) mass is 214 g/mol. The van der Waals surface area contributed by atoms with Gasteiger partial charge >= 0.3 is 5.97 Å². The topological polar surface area (TPSA) is 46.5 Å². The second-order valence-corrected chi connectivity index (χ2v) is 5.37. The average Bonchev–Trinajstić information content (AvgIpc) is 2.16. The molecule has 0 aromatic heterocycles. The first kappa shape index (κ1) is 12.5. The lowest BCUT2D eigenvalue weighted by atomic mass is 9.70. The molecule has 0 saturated heterocycles. The Morgan fingerprint density at radius 2 is 2.27 bits per heavy atom. The van der Waals surface area contributed by atoms with Gasteiger partial charge < -0.3 is 9.84 Å². The van der Waals surface area contributed by atoms with Crippen molar-refractivity contribution in [2.24, 2.45) is 11.3 Å². The molecule has 15 heavy (non-hydrogen) atoms. The molecule has 0 radical (unpaired) electrons. The lowest BCUT2D eigenvalue weighted by molar-refractivity contribution is -0.144. The smallest absolute Gasteiger partial charge is 0.308 e. The van der Waals surface area contributed by atoms with Gasteiger partial charge in [-0.2, -0.15) is 0 Å². The summed E-state index contributed by atoms with van der Waals surface area (Å²) in [7, 11) is 1.36. The highest BCUT2D eigenvalue weighted by atomic mass is 16.5. The summed E-state index contributed by atoms with van der Waals surface area (Å²) in [5, 5.41) is 9.91. The van der Waals surface area contributed by atoms with E-state index in [2.05, 4.69) is 18.6 Å². The molecule has 1 fully saturated rings. The van der Waals surface area contributed by atoms with Crippen LogP contribution in [0.5, 0.6) is 0 Å². The number of hydrogen-bond acceptors (Lipinski definition) is 3. The minimum absolute atomic E-state index is 0.136. The van der Waals surface area contributed by atoms with Crippen molar-refractivity contribution in [3.8, 4) is 0 Å². The number of hydrogen-bond donors (Lipinski definition) is 1. The molecule has 1 rings (SSSR count). The van der Waals surface area contributed by atoms with Gasteiger partial charge in [0.15, 0.2) is 0 Å². The number of carbonyl (C=O) groups is 1. The number of carbonyl (C=O) groups excluding carboxylic acids is 1. The van der Waals surface area contributed by atoms with Crippen molar-refractivity contribution in [2.45, 2.75) is 52.1 Å². The maximum atomic E-state index is 11.0. The Labute approximate surface area is 91.8 Å². The number of aliphatic hydroxyl groups is 1. The third-order valence-electron chi connectivity index (χ3n) is 3.39. The lowest BCUT2D eigenvalue weighted by Gasteiger charge is -2.37. The predicted molar refractivity (Wildman–Crippen MR) is 58.4 cm³/mol. The quantitative estimate of drug-likeness (QED) is 0.732. The molecule has 1 aliphatic carbocycles. The largest absolute Gasteiger partial charge is 0.469 e. The molecular weight excluding hydrogens is 192 g/mol. The fourth-order valence-corrected chi connectivity index (χ4v) is 2.51. The van der Waals surface area contributed by atoms with Crippen LogP contribution >= 0.6 is 0 Å². The van der Waals surface area contributed by atoms with Gasteiger partial charge in [0, 0.05) is 0 Å². The number of esters is 1. The van der Waals surface area contributed by atoms with E-state index in [-0.39, 0.29) is 18.3 Å². The maximum absolute atomic E-state index is 11.0. The first-order chi connectivity index (χ1) is 6.94. The van der Waals surface area contributed by atoms with Crippen molar-refractivity contribution in [1.82, 2.24) is 0 Å². The maximum Gasteiger partial charge on any atom is 0.308 e. The third kappa shape index (κ3) is 3.82. The van der Waals surface area contributed by atoms with Gasteiger partial charge in [-0.15, -0.1) is 0 Å². The van der Waals surface area contributed by atoms with Crippen molar-refractivity contribution < 1.29 is 14.6 Å². The molecular formula is C12H22O3. The van der Waals surface area contributed by atoms with Crippen LogP contribution in [0.4, 0.5) is 0 Å². The second kappa shape index (κ2) is 4.97. The van der Waals surface area contributed by atoms with Gasteiger partial charge in [-0.1, -0.05) is 20.3 Å². The predicted octanol–water partition coefficient (Wildman–Crippen LogP) is 2.13. The van der Waals surface area contributed by atoms with E-state index in [1.807, 2.05) is 0 Å². The Hall–Kier alpha value is -0.570. The van der Waals surface area contributed by atoms with Crippen LogP contribution in [-0.2, 0) is 9.53 Å². The van der Waals surface area contributed by atoms with E-state index < -0.39 is 6.10 Å². The molecule has 0 aromatic rings. The van der Waals surface area contributed by atoms with Gasteiger partial charge in [0.1, 0.15) is 0 Å². The van der Waals surface area contributed by atoms with Gasteiger partial charge in [0.25, 0.3) is 0 Å². The molecule has 2 unspecified atom stereocenters. The van der Waals surface area contributed by atoms with Crippen LogP contribution in [0.1, 0.15) is 46.0 Å². The zero-order valence-corrected chi connectivity index (χ0v) is 9.95. The number of aliphatic hydroxyl groups excluding tert-OH is 1. The number of rotatable bonds is 3. The summed E-state index contributed by atoms with van der Waals surface area (Å²) in [4.78, 5) is 11.0. The Bertz CT molecular complexity index is 223. The molecule has 0 amide bonds. The van der Waals surface area contributed by atoms with Crippen LogP contribution in [0.3, 0.4) is 0 Å². The Kier molecular flexibility index (Phi) is 4.14. The molecule has 2 atom stereocenters. The van der Waals surface area contributed by atoms with Gasteiger partial charge in [0.2, 0.25) is 0 Å². The van der Waals surface area contributed by atoms with Crippen molar-refractivity contribution in [1.29, 1.82) is 0 Å². The zero-order chi connectivity index (χ0) is 11.5. The van der Waals surface area contributed by atoms with E-state index >= 15 is 0 Å². The minimum atomic E-state index is -0.531. The Morgan fingerprint density at radius 3 is 2.80 bits per heavy atom.